The number of fused-ring (bicyclic) bond motifs is 1. The maximum absolute atomic E-state index is 12.4. The lowest BCUT2D eigenvalue weighted by Gasteiger charge is -2.07. The summed E-state index contributed by atoms with van der Waals surface area (Å²) < 4.78 is 4.81. The second kappa shape index (κ2) is 8.36. The van der Waals surface area contributed by atoms with Crippen molar-refractivity contribution in [2.24, 2.45) is 0 Å². The van der Waals surface area contributed by atoms with Crippen molar-refractivity contribution in [3.05, 3.63) is 82.2 Å². The van der Waals surface area contributed by atoms with Gasteiger partial charge in [-0.25, -0.2) is 14.2 Å². The van der Waals surface area contributed by atoms with E-state index in [9.17, 15) is 9.59 Å². The molecule has 1 N–H and O–H groups in total. The smallest absolute Gasteiger partial charge is 0.350 e. The number of nitrogens with one attached hydrogen (secondary N) is 1. The van der Waals surface area contributed by atoms with E-state index >= 15 is 0 Å². The molecule has 1 aromatic carbocycles. The molecule has 3 aromatic heterocycles. The van der Waals surface area contributed by atoms with E-state index in [0.717, 1.165) is 22.6 Å². The van der Waals surface area contributed by atoms with Crippen molar-refractivity contribution in [1.82, 2.24) is 29.3 Å². The highest BCUT2D eigenvalue weighted by Crippen LogP contribution is 2.18. The van der Waals surface area contributed by atoms with Gasteiger partial charge >= 0.3 is 5.69 Å². The van der Waals surface area contributed by atoms with Gasteiger partial charge in [0.15, 0.2) is 5.65 Å². The fraction of sp³-hybridized carbons (Fsp3) is 0.273. The van der Waals surface area contributed by atoms with E-state index < -0.39 is 0 Å². The monoisotopic (exact) mass is 404 g/mol. The predicted molar refractivity (Wildman–Crippen MR) is 114 cm³/mol. The number of para-hydroxylation sites is 1. The highest BCUT2D eigenvalue weighted by Gasteiger charge is 2.15. The zero-order chi connectivity index (χ0) is 21.1. The summed E-state index contributed by atoms with van der Waals surface area (Å²) >= 11 is 0. The number of aromatic nitrogens is 5. The second-order valence-electron chi connectivity index (χ2n) is 7.21. The van der Waals surface area contributed by atoms with Crippen molar-refractivity contribution in [2.75, 3.05) is 6.54 Å². The number of carbonyl (C=O) groups excluding carboxylic acids is 1. The predicted octanol–water partition coefficient (Wildman–Crippen LogP) is 2.05. The third-order valence-corrected chi connectivity index (χ3v) is 5.14. The fourth-order valence-electron chi connectivity index (χ4n) is 3.54. The van der Waals surface area contributed by atoms with Crippen LogP contribution in [0, 0.1) is 13.8 Å². The number of nitrogens with zero attached hydrogens (tertiary/aromatic N) is 5. The van der Waals surface area contributed by atoms with Crippen molar-refractivity contribution in [2.45, 2.75) is 33.2 Å². The normalized spacial score (nSPS) is 11.1. The number of aryl methyl sites for hydroxylation is 2. The van der Waals surface area contributed by atoms with Crippen LogP contribution in [0.15, 0.2) is 59.5 Å². The molecule has 4 rings (SSSR count). The van der Waals surface area contributed by atoms with Crippen LogP contribution in [0.25, 0.3) is 11.3 Å². The van der Waals surface area contributed by atoms with E-state index in [1.165, 1.54) is 9.08 Å². The van der Waals surface area contributed by atoms with Gasteiger partial charge in [0.1, 0.15) is 0 Å². The van der Waals surface area contributed by atoms with Crippen molar-refractivity contribution >= 4 is 11.6 Å². The topological polar surface area (TPSA) is 86.2 Å². The highest BCUT2D eigenvalue weighted by molar-refractivity contribution is 5.79. The fourth-order valence-corrected chi connectivity index (χ4v) is 3.54. The second-order valence-corrected chi connectivity index (χ2v) is 7.21. The molecule has 0 saturated carbocycles. The summed E-state index contributed by atoms with van der Waals surface area (Å²) in [5.74, 6) is -0.0591. The molecule has 8 nitrogen and oxygen atoms in total. The Kier molecular flexibility index (Phi) is 5.47. The van der Waals surface area contributed by atoms with E-state index in [1.807, 2.05) is 54.9 Å². The van der Waals surface area contributed by atoms with Crippen molar-refractivity contribution < 1.29 is 4.79 Å². The molecule has 3 heterocycles. The molecule has 0 spiro atoms. The Morgan fingerprint density at radius 3 is 2.57 bits per heavy atom. The lowest BCUT2D eigenvalue weighted by atomic mass is 10.1. The average molecular weight is 404 g/mol. The molecule has 0 aliphatic carbocycles. The Balaban J connectivity index is 1.33. The van der Waals surface area contributed by atoms with Gasteiger partial charge in [-0.15, -0.1) is 5.10 Å². The van der Waals surface area contributed by atoms with Gasteiger partial charge in [-0.3, -0.25) is 9.20 Å². The first-order valence-electron chi connectivity index (χ1n) is 9.96. The van der Waals surface area contributed by atoms with Crippen LogP contribution < -0.4 is 11.0 Å². The first-order chi connectivity index (χ1) is 14.5. The van der Waals surface area contributed by atoms with Gasteiger partial charge in [-0.1, -0.05) is 24.3 Å². The summed E-state index contributed by atoms with van der Waals surface area (Å²) in [7, 11) is 0. The van der Waals surface area contributed by atoms with Crippen molar-refractivity contribution in [3.63, 3.8) is 0 Å². The van der Waals surface area contributed by atoms with Crippen LogP contribution in [0.1, 0.15) is 23.4 Å². The summed E-state index contributed by atoms with van der Waals surface area (Å²) in [5.41, 5.74) is 4.17. The molecule has 0 fully saturated rings. The number of hydrogen-bond donors (Lipinski definition) is 1. The first kappa shape index (κ1) is 19.6. The molecule has 4 aromatic rings. The van der Waals surface area contributed by atoms with E-state index in [2.05, 4.69) is 15.5 Å². The van der Waals surface area contributed by atoms with E-state index in [0.29, 0.717) is 25.2 Å². The van der Waals surface area contributed by atoms with Gasteiger partial charge in [0.25, 0.3) is 0 Å². The maximum Gasteiger partial charge on any atom is 0.350 e. The van der Waals surface area contributed by atoms with E-state index in [1.54, 1.807) is 18.3 Å². The Morgan fingerprint density at radius 1 is 1.03 bits per heavy atom. The SMILES string of the molecule is Cc1nn(-c2ccccc2)c(C)c1CC(=O)NCCCn1nc2ccccn2c1=O. The quantitative estimate of drug-likeness (QED) is 0.478. The van der Waals surface area contributed by atoms with Gasteiger partial charge in [0, 0.05) is 30.5 Å². The standard InChI is InChI=1S/C22H24N6O2/c1-16-19(17(2)28(24-16)18-9-4-3-5-10-18)15-21(29)23-12-8-14-27-22(30)26-13-7-6-11-20(26)25-27/h3-7,9-11,13H,8,12,14-15H2,1-2H3,(H,23,29). The molecule has 0 radical (unpaired) electrons. The molecular weight excluding hydrogens is 380 g/mol. The minimum Gasteiger partial charge on any atom is -0.356 e. The van der Waals surface area contributed by atoms with Gasteiger partial charge in [-0.2, -0.15) is 5.10 Å². The van der Waals surface area contributed by atoms with E-state index in [4.69, 9.17) is 0 Å². The molecule has 1 amide bonds. The zero-order valence-corrected chi connectivity index (χ0v) is 17.1. The number of amides is 1. The lowest BCUT2D eigenvalue weighted by molar-refractivity contribution is -0.120. The Hall–Kier alpha value is -3.68. The van der Waals surface area contributed by atoms with Crippen molar-refractivity contribution in [1.29, 1.82) is 0 Å². The Bertz CT molecular complexity index is 1240. The maximum atomic E-state index is 12.4. The summed E-state index contributed by atoms with van der Waals surface area (Å²) in [6, 6.07) is 15.3. The molecule has 30 heavy (non-hydrogen) atoms. The lowest BCUT2D eigenvalue weighted by Crippen LogP contribution is -2.28. The number of benzene rings is 1. The third kappa shape index (κ3) is 3.89. The van der Waals surface area contributed by atoms with Gasteiger partial charge in [0.05, 0.1) is 17.8 Å². The minimum absolute atomic E-state index is 0.0591. The summed E-state index contributed by atoms with van der Waals surface area (Å²) in [6.45, 7) is 4.82. The molecule has 0 bridgehead atoms. The average Bonchev–Trinajstić information content (AvgIpc) is 3.23. The van der Waals surface area contributed by atoms with Gasteiger partial charge in [-0.05, 0) is 44.5 Å². The number of rotatable bonds is 7. The minimum atomic E-state index is -0.170. The molecule has 0 atom stereocenters. The van der Waals surface area contributed by atoms with Crippen molar-refractivity contribution in [3.8, 4) is 5.69 Å². The van der Waals surface area contributed by atoms with Crippen LogP contribution >= 0.6 is 0 Å². The zero-order valence-electron chi connectivity index (χ0n) is 17.1. The molecule has 0 aliphatic rings. The van der Waals surface area contributed by atoms with Crippen LogP contribution in [-0.4, -0.2) is 36.4 Å². The van der Waals surface area contributed by atoms with Crippen LogP contribution in [-0.2, 0) is 17.8 Å². The third-order valence-electron chi connectivity index (χ3n) is 5.14. The largest absolute Gasteiger partial charge is 0.356 e. The molecule has 0 saturated heterocycles. The van der Waals surface area contributed by atoms with Crippen LogP contribution in [0.4, 0.5) is 0 Å². The number of hydrogen-bond acceptors (Lipinski definition) is 4. The number of carbonyl (C=O) groups is 1. The summed E-state index contributed by atoms with van der Waals surface area (Å²) in [6.07, 6.45) is 2.60. The molecule has 8 heteroatoms. The molecular formula is C22H24N6O2. The summed E-state index contributed by atoms with van der Waals surface area (Å²) in [4.78, 5) is 24.7. The van der Waals surface area contributed by atoms with E-state index in [-0.39, 0.29) is 18.0 Å². The van der Waals surface area contributed by atoms with Crippen LogP contribution in [0.2, 0.25) is 0 Å². The molecule has 0 aliphatic heterocycles. The Labute approximate surface area is 173 Å². The van der Waals surface area contributed by atoms with Crippen LogP contribution in [0.3, 0.4) is 0 Å². The Morgan fingerprint density at radius 2 is 1.80 bits per heavy atom. The molecule has 0 unspecified atom stereocenters. The number of pyridine rings is 1. The highest BCUT2D eigenvalue weighted by atomic mass is 16.2. The molecule has 154 valence electrons. The summed E-state index contributed by atoms with van der Waals surface area (Å²) in [5, 5.41) is 11.8. The first-order valence-corrected chi connectivity index (χ1v) is 9.96. The van der Waals surface area contributed by atoms with Gasteiger partial charge in [0.2, 0.25) is 5.91 Å². The van der Waals surface area contributed by atoms with Crippen LogP contribution in [0.5, 0.6) is 0 Å². The van der Waals surface area contributed by atoms with Gasteiger partial charge < -0.3 is 5.32 Å².